The first-order chi connectivity index (χ1) is 8.61. The van der Waals surface area contributed by atoms with Crippen LogP contribution >= 0.6 is 0 Å². The van der Waals surface area contributed by atoms with Crippen LogP contribution in [0.4, 0.5) is 5.69 Å². The third-order valence-corrected chi connectivity index (χ3v) is 2.52. The normalized spacial score (nSPS) is 9.72. The summed E-state index contributed by atoms with van der Waals surface area (Å²) in [7, 11) is 0. The predicted molar refractivity (Wildman–Crippen MR) is 64.9 cm³/mol. The number of phenols is 1. The first kappa shape index (κ1) is 11.6. The highest BCUT2D eigenvalue weighted by Crippen LogP contribution is 2.31. The monoisotopic (exact) mass is 240 g/mol. The number of phenolic OH excluding ortho intramolecular Hbond substituents is 1. The van der Waals surface area contributed by atoms with E-state index in [1.807, 2.05) is 6.07 Å². The number of nitro benzene ring substituents is 1. The van der Waals surface area contributed by atoms with Gasteiger partial charge in [0.15, 0.2) is 5.75 Å². The molecule has 0 aliphatic heterocycles. The van der Waals surface area contributed by atoms with Crippen molar-refractivity contribution in [2.24, 2.45) is 0 Å². The van der Waals surface area contributed by atoms with E-state index in [0.717, 1.165) is 5.56 Å². The summed E-state index contributed by atoms with van der Waals surface area (Å²) in [5.74, 6) is -0.364. The van der Waals surface area contributed by atoms with E-state index in [0.29, 0.717) is 11.1 Å². The number of aromatic hydroxyl groups is 1. The van der Waals surface area contributed by atoms with Crippen LogP contribution in [0.2, 0.25) is 0 Å². The first-order valence-corrected chi connectivity index (χ1v) is 5.10. The molecule has 0 atom stereocenters. The molecule has 0 aromatic heterocycles. The van der Waals surface area contributed by atoms with E-state index in [1.54, 1.807) is 30.3 Å². The molecule has 88 valence electrons. The molecule has 0 heterocycles. The van der Waals surface area contributed by atoms with Crippen LogP contribution in [0.25, 0.3) is 11.1 Å². The van der Waals surface area contributed by atoms with Crippen molar-refractivity contribution in [3.63, 3.8) is 0 Å². The van der Waals surface area contributed by atoms with E-state index >= 15 is 0 Å². The smallest absolute Gasteiger partial charge is 0.311 e. The molecule has 5 nitrogen and oxygen atoms in total. The van der Waals surface area contributed by atoms with Gasteiger partial charge in [0, 0.05) is 6.07 Å². The lowest BCUT2D eigenvalue weighted by molar-refractivity contribution is -0.385. The van der Waals surface area contributed by atoms with Gasteiger partial charge in [0.1, 0.15) is 0 Å². The lowest BCUT2D eigenvalue weighted by Gasteiger charge is -2.02. The van der Waals surface area contributed by atoms with Crippen molar-refractivity contribution in [3.8, 4) is 22.9 Å². The van der Waals surface area contributed by atoms with Crippen LogP contribution < -0.4 is 0 Å². The Balaban J connectivity index is 2.48. The summed E-state index contributed by atoms with van der Waals surface area (Å²) in [5, 5.41) is 28.7. The fraction of sp³-hybridized carbons (Fsp3) is 0. The molecule has 2 aromatic rings. The maximum atomic E-state index is 10.7. The number of hydrogen-bond acceptors (Lipinski definition) is 4. The number of rotatable bonds is 2. The molecule has 0 saturated carbocycles. The minimum absolute atomic E-state index is 0.336. The number of hydrogen-bond donors (Lipinski definition) is 1. The van der Waals surface area contributed by atoms with Crippen LogP contribution in [0.1, 0.15) is 5.56 Å². The summed E-state index contributed by atoms with van der Waals surface area (Å²) in [5.41, 5.74) is 1.55. The van der Waals surface area contributed by atoms with Crippen molar-refractivity contribution in [3.05, 3.63) is 58.1 Å². The van der Waals surface area contributed by atoms with Gasteiger partial charge >= 0.3 is 5.69 Å². The van der Waals surface area contributed by atoms with Gasteiger partial charge in [-0.05, 0) is 29.3 Å². The average molecular weight is 240 g/mol. The molecule has 5 heteroatoms. The standard InChI is InChI=1S/C13H8N2O3/c14-8-9-1-3-10(4-2-9)11-5-6-13(16)12(7-11)15(17)18/h1-7,16H. The van der Waals surface area contributed by atoms with Gasteiger partial charge in [0.25, 0.3) is 0 Å². The van der Waals surface area contributed by atoms with Crippen molar-refractivity contribution < 1.29 is 10.0 Å². The fourth-order valence-corrected chi connectivity index (χ4v) is 1.59. The first-order valence-electron chi connectivity index (χ1n) is 5.10. The second-order valence-corrected chi connectivity index (χ2v) is 3.65. The summed E-state index contributed by atoms with van der Waals surface area (Å²) < 4.78 is 0. The topological polar surface area (TPSA) is 87.2 Å². The van der Waals surface area contributed by atoms with Gasteiger partial charge in [-0.3, -0.25) is 10.1 Å². The Morgan fingerprint density at radius 2 is 1.72 bits per heavy atom. The van der Waals surface area contributed by atoms with Gasteiger partial charge in [-0.15, -0.1) is 0 Å². The Kier molecular flexibility index (Phi) is 2.94. The maximum Gasteiger partial charge on any atom is 0.311 e. The highest BCUT2D eigenvalue weighted by molar-refractivity contribution is 5.69. The summed E-state index contributed by atoms with van der Waals surface area (Å²) in [6.45, 7) is 0. The molecule has 2 aromatic carbocycles. The lowest BCUT2D eigenvalue weighted by Crippen LogP contribution is -1.89. The predicted octanol–water partition coefficient (Wildman–Crippen LogP) is 2.84. The molecule has 0 unspecified atom stereocenters. The largest absolute Gasteiger partial charge is 0.502 e. The van der Waals surface area contributed by atoms with Crippen molar-refractivity contribution in [1.82, 2.24) is 0 Å². The quantitative estimate of drug-likeness (QED) is 0.645. The lowest BCUT2D eigenvalue weighted by atomic mass is 10.0. The number of nitrogens with zero attached hydrogens (tertiary/aromatic N) is 2. The summed E-state index contributed by atoms with van der Waals surface area (Å²) in [6, 6.07) is 12.8. The summed E-state index contributed by atoms with van der Waals surface area (Å²) in [6.07, 6.45) is 0. The van der Waals surface area contributed by atoms with Crippen molar-refractivity contribution in [2.75, 3.05) is 0 Å². The van der Waals surface area contributed by atoms with E-state index in [9.17, 15) is 15.2 Å². The van der Waals surface area contributed by atoms with Gasteiger partial charge in [-0.25, -0.2) is 0 Å². The zero-order valence-corrected chi connectivity index (χ0v) is 9.20. The molecule has 0 aliphatic carbocycles. The molecule has 0 saturated heterocycles. The van der Waals surface area contributed by atoms with Crippen molar-refractivity contribution in [2.45, 2.75) is 0 Å². The molecular weight excluding hydrogens is 232 g/mol. The van der Waals surface area contributed by atoms with E-state index in [1.165, 1.54) is 12.1 Å². The zero-order valence-electron chi connectivity index (χ0n) is 9.20. The van der Waals surface area contributed by atoms with E-state index in [2.05, 4.69) is 0 Å². The van der Waals surface area contributed by atoms with Crippen LogP contribution in [-0.4, -0.2) is 10.0 Å². The Labute approximate surface area is 103 Å². The molecule has 2 rings (SSSR count). The average Bonchev–Trinajstić information content (AvgIpc) is 2.39. The van der Waals surface area contributed by atoms with Crippen molar-refractivity contribution in [1.29, 1.82) is 5.26 Å². The van der Waals surface area contributed by atoms with Crippen LogP contribution in [0.15, 0.2) is 42.5 Å². The van der Waals surface area contributed by atoms with Gasteiger partial charge in [0.05, 0.1) is 16.6 Å². The van der Waals surface area contributed by atoms with E-state index in [4.69, 9.17) is 5.26 Å². The number of nitro groups is 1. The van der Waals surface area contributed by atoms with Crippen molar-refractivity contribution >= 4 is 5.69 Å². The Morgan fingerprint density at radius 1 is 1.11 bits per heavy atom. The van der Waals surface area contributed by atoms with Gasteiger partial charge in [-0.2, -0.15) is 5.26 Å². The van der Waals surface area contributed by atoms with Crippen LogP contribution in [0, 0.1) is 21.4 Å². The van der Waals surface area contributed by atoms with Gasteiger partial charge < -0.3 is 5.11 Å². The molecular formula is C13H8N2O3. The maximum absolute atomic E-state index is 10.7. The van der Waals surface area contributed by atoms with Crippen LogP contribution in [0.5, 0.6) is 5.75 Å². The minimum Gasteiger partial charge on any atom is -0.502 e. The molecule has 0 fully saturated rings. The molecule has 0 bridgehead atoms. The highest BCUT2D eigenvalue weighted by Gasteiger charge is 2.14. The second-order valence-electron chi connectivity index (χ2n) is 3.65. The Hall–Kier alpha value is -2.87. The van der Waals surface area contributed by atoms with Crippen LogP contribution in [-0.2, 0) is 0 Å². The molecule has 0 radical (unpaired) electrons. The summed E-state index contributed by atoms with van der Waals surface area (Å²) >= 11 is 0. The fourth-order valence-electron chi connectivity index (χ4n) is 1.59. The molecule has 1 N–H and O–H groups in total. The zero-order chi connectivity index (χ0) is 13.1. The van der Waals surface area contributed by atoms with Gasteiger partial charge in [-0.1, -0.05) is 18.2 Å². The molecule has 0 amide bonds. The highest BCUT2D eigenvalue weighted by atomic mass is 16.6. The van der Waals surface area contributed by atoms with Crippen LogP contribution in [0.3, 0.4) is 0 Å². The Bertz CT molecular complexity index is 642. The Morgan fingerprint density at radius 3 is 2.28 bits per heavy atom. The third kappa shape index (κ3) is 2.13. The second kappa shape index (κ2) is 4.55. The van der Waals surface area contributed by atoms with E-state index in [-0.39, 0.29) is 11.4 Å². The molecule has 0 aliphatic rings. The molecule has 0 spiro atoms. The summed E-state index contributed by atoms with van der Waals surface area (Å²) in [4.78, 5) is 10.1. The SMILES string of the molecule is N#Cc1ccc(-c2ccc(O)c([N+](=O)[O-])c2)cc1. The third-order valence-electron chi connectivity index (χ3n) is 2.52. The number of benzene rings is 2. The van der Waals surface area contributed by atoms with E-state index < -0.39 is 4.92 Å². The molecule has 18 heavy (non-hydrogen) atoms. The van der Waals surface area contributed by atoms with Gasteiger partial charge in [0.2, 0.25) is 0 Å². The minimum atomic E-state index is -0.636. The number of nitriles is 1.